The molecule has 15 heavy (non-hydrogen) atoms. The van der Waals surface area contributed by atoms with Gasteiger partial charge in [-0.3, -0.25) is 0 Å². The Morgan fingerprint density at radius 3 is 1.00 bits per heavy atom. The lowest BCUT2D eigenvalue weighted by Gasteiger charge is -2.51. The van der Waals surface area contributed by atoms with E-state index in [0.717, 1.165) is 0 Å². The second-order valence-electron chi connectivity index (χ2n) is 7.75. The van der Waals surface area contributed by atoms with Gasteiger partial charge in [0.05, 0.1) is 0 Å². The van der Waals surface area contributed by atoms with Gasteiger partial charge in [-0.2, -0.15) is 0 Å². The molecule has 0 rings (SSSR count). The van der Waals surface area contributed by atoms with Gasteiger partial charge in [-0.1, -0.05) is 41.5 Å². The lowest BCUT2D eigenvalue weighted by atomic mass is 10.2. The number of hydrogen-bond donors (Lipinski definition) is 0. The molecule has 0 amide bonds. The summed E-state index contributed by atoms with van der Waals surface area (Å²) in [6.07, 6.45) is 0. The van der Waals surface area contributed by atoms with Crippen molar-refractivity contribution in [3.63, 3.8) is 0 Å². The summed E-state index contributed by atoms with van der Waals surface area (Å²) < 4.78 is 6.63. The molecular weight excluding hydrogens is 216 g/mol. The molecule has 0 aromatic heterocycles. The van der Waals surface area contributed by atoms with Crippen LogP contribution in [0.3, 0.4) is 0 Å². The molecule has 0 fully saturated rings. The fourth-order valence-electron chi connectivity index (χ4n) is 2.04. The van der Waals surface area contributed by atoms with Crippen molar-refractivity contribution in [2.75, 3.05) is 0 Å². The van der Waals surface area contributed by atoms with Crippen molar-refractivity contribution in [1.82, 2.24) is 0 Å². The minimum atomic E-state index is -1.73. The zero-order chi connectivity index (χ0) is 12.7. The van der Waals surface area contributed by atoms with Crippen molar-refractivity contribution in [3.05, 3.63) is 0 Å². The Morgan fingerprint density at radius 1 is 0.667 bits per heavy atom. The summed E-state index contributed by atoms with van der Waals surface area (Å²) in [6, 6.07) is 0. The van der Waals surface area contributed by atoms with Crippen molar-refractivity contribution in [2.24, 2.45) is 0 Å². The van der Waals surface area contributed by atoms with Crippen LogP contribution in [0.15, 0.2) is 0 Å². The molecule has 0 atom stereocenters. The van der Waals surface area contributed by atoms with Crippen molar-refractivity contribution in [2.45, 2.75) is 77.8 Å². The third-order valence-corrected chi connectivity index (χ3v) is 13.2. The molecule has 0 saturated carbocycles. The van der Waals surface area contributed by atoms with E-state index < -0.39 is 16.6 Å². The molecule has 0 radical (unpaired) electrons. The van der Waals surface area contributed by atoms with E-state index in [1.54, 1.807) is 0 Å². The molecule has 0 spiro atoms. The summed E-state index contributed by atoms with van der Waals surface area (Å²) in [5.74, 6) is 0. The van der Waals surface area contributed by atoms with Crippen LogP contribution >= 0.6 is 0 Å². The van der Waals surface area contributed by atoms with E-state index in [1.807, 2.05) is 0 Å². The van der Waals surface area contributed by atoms with Gasteiger partial charge in [-0.15, -0.1) is 0 Å². The molecule has 0 bridgehead atoms. The molecular formula is C12H30OSi2. The largest absolute Gasteiger partial charge is 0.455 e. The van der Waals surface area contributed by atoms with Gasteiger partial charge in [0.15, 0.2) is 16.6 Å². The number of rotatable bonds is 2. The molecule has 0 aliphatic rings. The first-order valence-corrected chi connectivity index (χ1v) is 11.7. The van der Waals surface area contributed by atoms with Crippen LogP contribution in [-0.4, -0.2) is 16.6 Å². The fourth-order valence-corrected chi connectivity index (χ4v) is 11.6. The van der Waals surface area contributed by atoms with Crippen LogP contribution < -0.4 is 0 Å². The van der Waals surface area contributed by atoms with Crippen molar-refractivity contribution in [3.8, 4) is 0 Å². The Kier molecular flexibility index (Phi) is 4.11. The molecule has 0 heterocycles. The Morgan fingerprint density at radius 2 is 0.933 bits per heavy atom. The van der Waals surface area contributed by atoms with Gasteiger partial charge in [-0.05, 0) is 36.3 Å². The van der Waals surface area contributed by atoms with Crippen molar-refractivity contribution >= 4 is 16.6 Å². The summed E-state index contributed by atoms with van der Waals surface area (Å²) in [6.45, 7) is 23.3. The van der Waals surface area contributed by atoms with Crippen molar-refractivity contribution in [1.29, 1.82) is 0 Å². The SMILES string of the molecule is CC(C)(C)[Si](C)(O[Si](C)(C)C)C(C)(C)C. The van der Waals surface area contributed by atoms with Gasteiger partial charge < -0.3 is 4.12 Å². The molecule has 3 heteroatoms. The summed E-state index contributed by atoms with van der Waals surface area (Å²) >= 11 is 0. The highest BCUT2D eigenvalue weighted by atomic mass is 28.4. The normalized spacial score (nSPS) is 15.6. The zero-order valence-corrected chi connectivity index (χ0v) is 14.4. The van der Waals surface area contributed by atoms with E-state index in [9.17, 15) is 0 Å². The van der Waals surface area contributed by atoms with Crippen LogP contribution in [0.1, 0.15) is 41.5 Å². The Balaban J connectivity index is 5.26. The third kappa shape index (κ3) is 3.72. The van der Waals surface area contributed by atoms with Gasteiger partial charge in [0.25, 0.3) is 0 Å². The van der Waals surface area contributed by atoms with Crippen LogP contribution in [0.25, 0.3) is 0 Å². The monoisotopic (exact) mass is 246 g/mol. The standard InChI is InChI=1S/C12H30OSi2/c1-11(2,3)15(10,12(4,5)6)13-14(7,8)9/h1-10H3. The minimum Gasteiger partial charge on any atom is -0.455 e. The quantitative estimate of drug-likeness (QED) is 0.622. The molecule has 1 nitrogen and oxygen atoms in total. The van der Waals surface area contributed by atoms with Gasteiger partial charge >= 0.3 is 0 Å². The molecule has 0 aromatic rings. The summed E-state index contributed by atoms with van der Waals surface area (Å²) in [7, 11) is -3.18. The number of hydrogen-bond acceptors (Lipinski definition) is 1. The molecule has 92 valence electrons. The molecule has 0 aliphatic carbocycles. The van der Waals surface area contributed by atoms with Gasteiger partial charge in [0.1, 0.15) is 0 Å². The smallest absolute Gasteiger partial charge is 0.187 e. The maximum Gasteiger partial charge on any atom is 0.187 e. The predicted octanol–water partition coefficient (Wildman–Crippen LogP) is 5.01. The van der Waals surface area contributed by atoms with Crippen molar-refractivity contribution < 1.29 is 4.12 Å². The molecule has 0 aromatic carbocycles. The third-order valence-electron chi connectivity index (χ3n) is 3.37. The highest BCUT2D eigenvalue weighted by molar-refractivity contribution is 6.88. The van der Waals surface area contributed by atoms with Crippen LogP contribution in [0.2, 0.25) is 36.3 Å². The summed E-state index contributed by atoms with van der Waals surface area (Å²) in [4.78, 5) is 0. The zero-order valence-electron chi connectivity index (χ0n) is 12.4. The van der Waals surface area contributed by atoms with Crippen LogP contribution in [-0.2, 0) is 4.12 Å². The Bertz CT molecular complexity index is 201. The average Bonchev–Trinajstić information content (AvgIpc) is 1.77. The van der Waals surface area contributed by atoms with E-state index >= 15 is 0 Å². The predicted molar refractivity (Wildman–Crippen MR) is 75.5 cm³/mol. The van der Waals surface area contributed by atoms with Crippen LogP contribution in [0, 0.1) is 0 Å². The highest BCUT2D eigenvalue weighted by Gasteiger charge is 2.52. The van der Waals surface area contributed by atoms with E-state index in [-0.39, 0.29) is 0 Å². The second kappa shape index (κ2) is 4.00. The molecule has 0 saturated heterocycles. The summed E-state index contributed by atoms with van der Waals surface area (Å²) in [5.41, 5.74) is 0. The first-order chi connectivity index (χ1) is 6.21. The van der Waals surface area contributed by atoms with E-state index in [1.165, 1.54) is 0 Å². The van der Waals surface area contributed by atoms with Crippen LogP contribution in [0.5, 0.6) is 0 Å². The topological polar surface area (TPSA) is 9.23 Å². The Labute approximate surface area is 98.9 Å². The first kappa shape index (κ1) is 15.4. The second-order valence-corrected chi connectivity index (χ2v) is 17.9. The van der Waals surface area contributed by atoms with E-state index in [0.29, 0.717) is 10.1 Å². The van der Waals surface area contributed by atoms with E-state index in [2.05, 4.69) is 67.7 Å². The molecule has 0 aliphatic heterocycles. The minimum absolute atomic E-state index is 0.297. The van der Waals surface area contributed by atoms with Gasteiger partial charge in [-0.25, -0.2) is 0 Å². The first-order valence-electron chi connectivity index (χ1n) is 5.91. The van der Waals surface area contributed by atoms with Gasteiger partial charge in [0.2, 0.25) is 0 Å². The maximum absolute atomic E-state index is 6.63. The van der Waals surface area contributed by atoms with Gasteiger partial charge in [0, 0.05) is 0 Å². The lowest BCUT2D eigenvalue weighted by molar-refractivity contribution is 0.428. The highest BCUT2D eigenvalue weighted by Crippen LogP contribution is 2.52. The maximum atomic E-state index is 6.63. The average molecular weight is 247 g/mol. The van der Waals surface area contributed by atoms with E-state index in [4.69, 9.17) is 4.12 Å². The van der Waals surface area contributed by atoms with Crippen LogP contribution in [0.4, 0.5) is 0 Å². The molecule has 0 unspecified atom stereocenters. The lowest BCUT2D eigenvalue weighted by Crippen LogP contribution is -2.56. The fraction of sp³-hybridized carbons (Fsp3) is 1.00. The Hall–Kier alpha value is 0.394. The summed E-state index contributed by atoms with van der Waals surface area (Å²) in [5, 5.41) is 0.594. The molecule has 0 N–H and O–H groups in total.